The first-order valence-electron chi connectivity index (χ1n) is 10.7. The predicted molar refractivity (Wildman–Crippen MR) is 123 cm³/mol. The Hall–Kier alpha value is -3.81. The van der Waals surface area contributed by atoms with Crippen molar-refractivity contribution in [2.24, 2.45) is 0 Å². The normalized spacial score (nSPS) is 20.5. The summed E-state index contributed by atoms with van der Waals surface area (Å²) in [6.07, 6.45) is 3.13. The van der Waals surface area contributed by atoms with Crippen LogP contribution >= 0.6 is 0 Å². The Bertz CT molecular complexity index is 1140. The van der Waals surface area contributed by atoms with Crippen LogP contribution in [0.4, 0.5) is 10.1 Å². The van der Waals surface area contributed by atoms with E-state index in [0.29, 0.717) is 5.56 Å². The summed E-state index contributed by atoms with van der Waals surface area (Å²) in [4.78, 5) is 33.0. The van der Waals surface area contributed by atoms with E-state index in [2.05, 4.69) is 4.98 Å². The summed E-state index contributed by atoms with van der Waals surface area (Å²) < 4.78 is 14.7. The minimum atomic E-state index is -1.21. The Kier molecular flexibility index (Phi) is 6.35. The fraction of sp³-hybridized carbons (Fsp3) is 0.280. The smallest absolute Gasteiger partial charge is 0.244 e. The zero-order valence-electron chi connectivity index (χ0n) is 18.5. The number of carbonyl (C=O) groups excluding carboxylic acids is 1. The van der Waals surface area contributed by atoms with E-state index < -0.39 is 23.8 Å². The molecule has 4 rings (SSSR count). The number of halogens is 1. The summed E-state index contributed by atoms with van der Waals surface area (Å²) in [6, 6.07) is 14.9. The van der Waals surface area contributed by atoms with Crippen molar-refractivity contribution >= 4 is 11.6 Å². The van der Waals surface area contributed by atoms with E-state index in [1.54, 1.807) is 24.5 Å². The van der Waals surface area contributed by atoms with Gasteiger partial charge >= 0.3 is 0 Å². The number of anilines is 1. The van der Waals surface area contributed by atoms with Crippen LogP contribution < -0.4 is 4.90 Å². The van der Waals surface area contributed by atoms with Crippen LogP contribution in [-0.4, -0.2) is 40.9 Å². The summed E-state index contributed by atoms with van der Waals surface area (Å²) in [5.41, 5.74) is 2.54. The minimum absolute atomic E-state index is 0.140. The van der Waals surface area contributed by atoms with Crippen LogP contribution in [0.15, 0.2) is 73.1 Å². The highest BCUT2D eigenvalue weighted by molar-refractivity contribution is 5.79. The average molecular weight is 448 g/mol. The van der Waals surface area contributed by atoms with E-state index in [1.807, 2.05) is 49.3 Å². The molecular formula is C25H25FN4O3. The number of likely N-dealkylation sites (tertiary alicyclic amines) is 1. The standard InChI is InChI=1S/C25H25FN4O3/c1-28(2)19-11-9-18(10-12-19)24-25(30(32)33)21(20-7-3-4-8-22(20)26)14-23(31)29(24)16-17-6-5-13-27-15-17/h3-13,15,21,24-25H,14,16H2,1-2H3/t21-,24+,25-/m0/s1. The molecule has 3 atom stereocenters. The Labute approximate surface area is 191 Å². The number of aromatic nitrogens is 1. The lowest BCUT2D eigenvalue weighted by Gasteiger charge is -2.41. The summed E-state index contributed by atoms with van der Waals surface area (Å²) in [5.74, 6) is -1.67. The second-order valence-electron chi connectivity index (χ2n) is 8.42. The lowest BCUT2D eigenvalue weighted by Crippen LogP contribution is -2.51. The summed E-state index contributed by atoms with van der Waals surface area (Å²) in [5, 5.41) is 12.4. The third kappa shape index (κ3) is 4.55. The van der Waals surface area contributed by atoms with Crippen molar-refractivity contribution in [3.8, 4) is 0 Å². The number of benzene rings is 2. The Morgan fingerprint density at radius 2 is 1.85 bits per heavy atom. The third-order valence-electron chi connectivity index (χ3n) is 6.16. The first-order valence-corrected chi connectivity index (χ1v) is 10.7. The van der Waals surface area contributed by atoms with E-state index in [9.17, 15) is 19.3 Å². The molecule has 33 heavy (non-hydrogen) atoms. The summed E-state index contributed by atoms with van der Waals surface area (Å²) in [6.45, 7) is 0.182. The van der Waals surface area contributed by atoms with Crippen LogP contribution in [0.25, 0.3) is 0 Å². The molecule has 8 heteroatoms. The van der Waals surface area contributed by atoms with Crippen LogP contribution in [0.5, 0.6) is 0 Å². The van der Waals surface area contributed by atoms with E-state index in [-0.39, 0.29) is 29.4 Å². The number of nitrogens with zero attached hydrogens (tertiary/aromatic N) is 4. The van der Waals surface area contributed by atoms with Gasteiger partial charge in [-0.25, -0.2) is 4.39 Å². The van der Waals surface area contributed by atoms with Crippen molar-refractivity contribution < 1.29 is 14.1 Å². The first kappa shape index (κ1) is 22.4. The highest BCUT2D eigenvalue weighted by Gasteiger charge is 2.51. The van der Waals surface area contributed by atoms with Gasteiger partial charge in [-0.1, -0.05) is 36.4 Å². The Morgan fingerprint density at radius 1 is 1.12 bits per heavy atom. The second-order valence-corrected chi connectivity index (χ2v) is 8.42. The Balaban J connectivity index is 1.82. The molecule has 1 amide bonds. The Morgan fingerprint density at radius 3 is 2.45 bits per heavy atom. The largest absolute Gasteiger partial charge is 0.378 e. The maximum absolute atomic E-state index is 14.7. The molecule has 1 aromatic heterocycles. The molecule has 1 saturated heterocycles. The molecular weight excluding hydrogens is 423 g/mol. The van der Waals surface area contributed by atoms with Gasteiger partial charge in [0.1, 0.15) is 11.9 Å². The fourth-order valence-electron chi connectivity index (χ4n) is 4.54. The molecule has 1 aliphatic rings. The molecule has 0 saturated carbocycles. The van der Waals surface area contributed by atoms with Crippen LogP contribution in [0.1, 0.15) is 35.1 Å². The SMILES string of the molecule is CN(C)c1ccc([C@@H]2[C@@H]([N+](=O)[O-])[C@H](c3ccccc3F)CC(=O)N2Cc2cccnc2)cc1. The van der Waals surface area contributed by atoms with E-state index in [4.69, 9.17) is 0 Å². The maximum atomic E-state index is 14.7. The molecule has 0 spiro atoms. The topological polar surface area (TPSA) is 79.6 Å². The van der Waals surface area contributed by atoms with Gasteiger partial charge in [-0.15, -0.1) is 0 Å². The lowest BCUT2D eigenvalue weighted by atomic mass is 9.78. The number of carbonyl (C=O) groups is 1. The predicted octanol–water partition coefficient (Wildman–Crippen LogP) is 4.19. The van der Waals surface area contributed by atoms with Crippen LogP contribution in [0.3, 0.4) is 0 Å². The average Bonchev–Trinajstić information content (AvgIpc) is 2.81. The number of hydrogen-bond donors (Lipinski definition) is 0. The highest BCUT2D eigenvalue weighted by atomic mass is 19.1. The van der Waals surface area contributed by atoms with Crippen molar-refractivity contribution in [2.75, 3.05) is 19.0 Å². The van der Waals surface area contributed by atoms with Crippen molar-refractivity contribution in [1.82, 2.24) is 9.88 Å². The number of nitro groups is 1. The molecule has 2 heterocycles. The van der Waals surface area contributed by atoms with Crippen LogP contribution in [-0.2, 0) is 11.3 Å². The monoisotopic (exact) mass is 448 g/mol. The number of piperidine rings is 1. The lowest BCUT2D eigenvalue weighted by molar-refractivity contribution is -0.537. The van der Waals surface area contributed by atoms with Crippen molar-refractivity contribution in [3.63, 3.8) is 0 Å². The quantitative estimate of drug-likeness (QED) is 0.417. The first-order chi connectivity index (χ1) is 15.9. The van der Waals surface area contributed by atoms with E-state index >= 15 is 0 Å². The zero-order chi connectivity index (χ0) is 23.5. The number of pyridine rings is 1. The molecule has 7 nitrogen and oxygen atoms in total. The number of rotatable bonds is 6. The second kappa shape index (κ2) is 9.36. The number of amides is 1. The van der Waals surface area contributed by atoms with E-state index in [1.165, 1.54) is 23.1 Å². The van der Waals surface area contributed by atoms with Gasteiger partial charge in [0.2, 0.25) is 11.9 Å². The molecule has 1 fully saturated rings. The molecule has 0 radical (unpaired) electrons. The van der Waals surface area contributed by atoms with Gasteiger partial charge in [-0.3, -0.25) is 19.9 Å². The number of hydrogen-bond acceptors (Lipinski definition) is 5. The van der Waals surface area contributed by atoms with Crippen LogP contribution in [0.2, 0.25) is 0 Å². The molecule has 170 valence electrons. The molecule has 0 unspecified atom stereocenters. The molecule has 0 aliphatic carbocycles. The molecule has 1 aliphatic heterocycles. The van der Waals surface area contributed by atoms with Gasteiger partial charge in [0.15, 0.2) is 0 Å². The maximum Gasteiger partial charge on any atom is 0.244 e. The highest BCUT2D eigenvalue weighted by Crippen LogP contribution is 2.43. The molecule has 0 N–H and O–H groups in total. The van der Waals surface area contributed by atoms with Gasteiger partial charge in [0.05, 0.1) is 5.92 Å². The molecule has 2 aromatic carbocycles. The third-order valence-corrected chi connectivity index (χ3v) is 6.16. The van der Waals surface area contributed by atoms with Gasteiger partial charge in [0, 0.05) is 50.1 Å². The molecule has 3 aromatic rings. The van der Waals surface area contributed by atoms with Crippen molar-refractivity contribution in [1.29, 1.82) is 0 Å². The van der Waals surface area contributed by atoms with Gasteiger partial charge in [-0.05, 0) is 41.0 Å². The van der Waals surface area contributed by atoms with Gasteiger partial charge < -0.3 is 9.80 Å². The van der Waals surface area contributed by atoms with Crippen molar-refractivity contribution in [2.45, 2.75) is 31.0 Å². The van der Waals surface area contributed by atoms with Crippen LogP contribution in [0, 0.1) is 15.9 Å². The van der Waals surface area contributed by atoms with Crippen molar-refractivity contribution in [3.05, 3.63) is 106 Å². The summed E-state index contributed by atoms with van der Waals surface area (Å²) >= 11 is 0. The fourth-order valence-corrected chi connectivity index (χ4v) is 4.54. The van der Waals surface area contributed by atoms with Gasteiger partial charge in [-0.2, -0.15) is 0 Å². The summed E-state index contributed by atoms with van der Waals surface area (Å²) in [7, 11) is 3.81. The van der Waals surface area contributed by atoms with Gasteiger partial charge in [0.25, 0.3) is 0 Å². The van der Waals surface area contributed by atoms with E-state index in [0.717, 1.165) is 11.3 Å². The minimum Gasteiger partial charge on any atom is -0.378 e. The molecule has 0 bridgehead atoms. The zero-order valence-corrected chi connectivity index (χ0v) is 18.5.